The average molecular weight is 456 g/mol. The van der Waals surface area contributed by atoms with Crippen molar-refractivity contribution in [2.24, 2.45) is 5.10 Å². The average Bonchev–Trinajstić information content (AvgIpc) is 2.87. The second-order valence-electron chi connectivity index (χ2n) is 7.04. The monoisotopic (exact) mass is 456 g/mol. The maximum absolute atomic E-state index is 12.3. The zero-order valence-corrected chi connectivity index (χ0v) is 18.7. The fraction of sp³-hybridized carbons (Fsp3) is 0.348. The lowest BCUT2D eigenvalue weighted by atomic mass is 10.2. The molecule has 10 heteroatoms. The second kappa shape index (κ2) is 12.3. The Hall–Kier alpha value is -3.79. The minimum Gasteiger partial charge on any atom is -0.495 e. The van der Waals surface area contributed by atoms with Crippen LogP contribution in [0.5, 0.6) is 17.2 Å². The molecule has 1 heterocycles. The molecule has 10 nitrogen and oxygen atoms in total. The number of amides is 2. The van der Waals surface area contributed by atoms with Crippen molar-refractivity contribution in [2.75, 3.05) is 59.0 Å². The first-order valence-electron chi connectivity index (χ1n) is 10.5. The summed E-state index contributed by atoms with van der Waals surface area (Å²) in [6.45, 7) is 2.15. The highest BCUT2D eigenvalue weighted by molar-refractivity contribution is 5.85. The number of morpholine rings is 1. The van der Waals surface area contributed by atoms with Crippen LogP contribution in [0.15, 0.2) is 47.6 Å². The van der Waals surface area contributed by atoms with Gasteiger partial charge in [-0.25, -0.2) is 5.43 Å². The van der Waals surface area contributed by atoms with Gasteiger partial charge in [0.1, 0.15) is 5.75 Å². The number of benzene rings is 2. The largest absolute Gasteiger partial charge is 0.495 e. The summed E-state index contributed by atoms with van der Waals surface area (Å²) in [5, 5.41) is 6.97. The summed E-state index contributed by atoms with van der Waals surface area (Å²) in [5.41, 5.74) is 3.87. The highest BCUT2D eigenvalue weighted by Gasteiger charge is 2.18. The number of ether oxygens (including phenoxy) is 4. The van der Waals surface area contributed by atoms with Crippen LogP contribution in [0.2, 0.25) is 0 Å². The lowest BCUT2D eigenvalue weighted by molar-refractivity contribution is -0.137. The molecule has 0 atom stereocenters. The van der Waals surface area contributed by atoms with Gasteiger partial charge in [-0.1, -0.05) is 12.1 Å². The maximum atomic E-state index is 12.3. The predicted octanol–water partition coefficient (Wildman–Crippen LogP) is 1.50. The number of anilines is 1. The number of para-hydroxylation sites is 2. The van der Waals surface area contributed by atoms with Gasteiger partial charge in [-0.05, 0) is 35.9 Å². The molecule has 0 saturated carbocycles. The van der Waals surface area contributed by atoms with Gasteiger partial charge in [0.05, 0.1) is 45.9 Å². The molecule has 0 aliphatic carbocycles. The van der Waals surface area contributed by atoms with Gasteiger partial charge in [-0.2, -0.15) is 5.10 Å². The summed E-state index contributed by atoms with van der Waals surface area (Å²) in [5.74, 6) is 1.13. The van der Waals surface area contributed by atoms with E-state index in [2.05, 4.69) is 15.8 Å². The van der Waals surface area contributed by atoms with E-state index in [9.17, 15) is 9.59 Å². The predicted molar refractivity (Wildman–Crippen MR) is 123 cm³/mol. The number of hydrogen-bond donors (Lipinski definition) is 2. The fourth-order valence-electron chi connectivity index (χ4n) is 3.11. The molecule has 33 heavy (non-hydrogen) atoms. The molecule has 1 aliphatic heterocycles. The van der Waals surface area contributed by atoms with Crippen molar-refractivity contribution in [1.29, 1.82) is 0 Å². The van der Waals surface area contributed by atoms with Crippen LogP contribution in [0.4, 0.5) is 5.69 Å². The third-order valence-electron chi connectivity index (χ3n) is 4.85. The fourth-order valence-corrected chi connectivity index (χ4v) is 3.11. The molecule has 0 unspecified atom stereocenters. The van der Waals surface area contributed by atoms with Gasteiger partial charge in [0.25, 0.3) is 11.8 Å². The minimum atomic E-state index is -0.314. The van der Waals surface area contributed by atoms with E-state index in [1.54, 1.807) is 36.3 Å². The van der Waals surface area contributed by atoms with Crippen molar-refractivity contribution in [1.82, 2.24) is 10.3 Å². The van der Waals surface area contributed by atoms with Crippen molar-refractivity contribution in [3.8, 4) is 17.2 Å². The molecule has 176 valence electrons. The lowest BCUT2D eigenvalue weighted by Crippen LogP contribution is -2.43. The Morgan fingerprint density at radius 2 is 1.82 bits per heavy atom. The third kappa shape index (κ3) is 7.11. The number of hydrazone groups is 1. The summed E-state index contributed by atoms with van der Waals surface area (Å²) in [4.78, 5) is 26.0. The normalized spacial score (nSPS) is 13.5. The van der Waals surface area contributed by atoms with Crippen LogP contribution in [0.1, 0.15) is 5.56 Å². The quantitative estimate of drug-likeness (QED) is 0.412. The summed E-state index contributed by atoms with van der Waals surface area (Å²) >= 11 is 0. The Morgan fingerprint density at radius 3 is 2.58 bits per heavy atom. The molecule has 1 saturated heterocycles. The van der Waals surface area contributed by atoms with Gasteiger partial charge in [-0.15, -0.1) is 0 Å². The molecule has 2 aromatic rings. The molecule has 2 aromatic carbocycles. The van der Waals surface area contributed by atoms with Crippen LogP contribution < -0.4 is 25.0 Å². The molecule has 0 aromatic heterocycles. The van der Waals surface area contributed by atoms with E-state index in [-0.39, 0.29) is 25.0 Å². The van der Waals surface area contributed by atoms with E-state index < -0.39 is 0 Å². The Labute approximate surface area is 192 Å². The number of methoxy groups -OCH3 is 2. The summed E-state index contributed by atoms with van der Waals surface area (Å²) in [6.07, 6.45) is 1.49. The Morgan fingerprint density at radius 1 is 1.06 bits per heavy atom. The zero-order valence-electron chi connectivity index (χ0n) is 18.7. The van der Waals surface area contributed by atoms with E-state index in [0.29, 0.717) is 54.8 Å². The third-order valence-corrected chi connectivity index (χ3v) is 4.85. The zero-order chi connectivity index (χ0) is 23.5. The van der Waals surface area contributed by atoms with E-state index in [1.165, 1.54) is 13.3 Å². The number of carbonyl (C=O) groups excluding carboxylic acids is 2. The minimum absolute atomic E-state index is 0.0327. The Kier molecular flexibility index (Phi) is 8.89. The van der Waals surface area contributed by atoms with Crippen LogP contribution in [0.3, 0.4) is 0 Å². The number of nitrogens with one attached hydrogen (secondary N) is 2. The van der Waals surface area contributed by atoms with Crippen molar-refractivity contribution in [3.63, 3.8) is 0 Å². The van der Waals surface area contributed by atoms with Crippen molar-refractivity contribution in [3.05, 3.63) is 48.0 Å². The highest BCUT2D eigenvalue weighted by atomic mass is 16.5. The van der Waals surface area contributed by atoms with Crippen molar-refractivity contribution < 1.29 is 28.5 Å². The Bertz CT molecular complexity index is 975. The number of nitrogens with zero attached hydrogens (tertiary/aromatic N) is 2. The van der Waals surface area contributed by atoms with Gasteiger partial charge >= 0.3 is 0 Å². The summed E-state index contributed by atoms with van der Waals surface area (Å²) in [7, 11) is 3.08. The van der Waals surface area contributed by atoms with E-state index in [4.69, 9.17) is 18.9 Å². The molecule has 0 spiro atoms. The first-order chi connectivity index (χ1) is 16.1. The number of hydrogen-bond acceptors (Lipinski definition) is 8. The van der Waals surface area contributed by atoms with Gasteiger partial charge in [0.2, 0.25) is 0 Å². The number of rotatable bonds is 10. The van der Waals surface area contributed by atoms with Crippen LogP contribution in [-0.4, -0.2) is 76.6 Å². The van der Waals surface area contributed by atoms with Crippen LogP contribution in [0.25, 0.3) is 0 Å². The van der Waals surface area contributed by atoms with Crippen LogP contribution in [-0.2, 0) is 14.3 Å². The van der Waals surface area contributed by atoms with E-state index >= 15 is 0 Å². The van der Waals surface area contributed by atoms with E-state index in [0.717, 1.165) is 0 Å². The topological polar surface area (TPSA) is 111 Å². The van der Waals surface area contributed by atoms with Gasteiger partial charge in [0, 0.05) is 13.1 Å². The molecule has 2 amide bonds. The highest BCUT2D eigenvalue weighted by Crippen LogP contribution is 2.27. The van der Waals surface area contributed by atoms with Crippen LogP contribution in [0, 0.1) is 0 Å². The summed E-state index contributed by atoms with van der Waals surface area (Å²) < 4.78 is 21.5. The molecular formula is C23H28N4O6. The molecule has 0 radical (unpaired) electrons. The number of carbonyl (C=O) groups is 2. The van der Waals surface area contributed by atoms with Gasteiger partial charge in [0.15, 0.2) is 18.1 Å². The van der Waals surface area contributed by atoms with Crippen LogP contribution >= 0.6 is 0 Å². The molecule has 0 bridgehead atoms. The molecule has 1 fully saturated rings. The first-order valence-corrected chi connectivity index (χ1v) is 10.5. The van der Waals surface area contributed by atoms with E-state index in [1.807, 2.05) is 18.2 Å². The van der Waals surface area contributed by atoms with Gasteiger partial charge in [-0.3, -0.25) is 9.59 Å². The lowest BCUT2D eigenvalue weighted by Gasteiger charge is -2.26. The maximum Gasteiger partial charge on any atom is 0.260 e. The molecule has 1 aliphatic rings. The smallest absolute Gasteiger partial charge is 0.260 e. The molecule has 3 rings (SSSR count). The van der Waals surface area contributed by atoms with Gasteiger partial charge < -0.3 is 29.2 Å². The molecule has 2 N–H and O–H groups in total. The van der Waals surface area contributed by atoms with Crippen molar-refractivity contribution in [2.45, 2.75) is 0 Å². The first kappa shape index (κ1) is 23.9. The second-order valence-corrected chi connectivity index (χ2v) is 7.04. The standard InChI is InChI=1S/C23H28N4O6/c1-30-19-6-4-3-5-18(19)24-15-22(28)26-25-14-17-7-8-20(21(13-17)31-2)33-16-23(29)27-9-11-32-12-10-27/h3-8,13-14,24H,9-12,15-16H2,1-2H3,(H,26,28)/b25-14+. The molecular weight excluding hydrogens is 428 g/mol. The summed E-state index contributed by atoms with van der Waals surface area (Å²) in [6, 6.07) is 12.5. The Balaban J connectivity index is 1.49. The SMILES string of the molecule is COc1ccccc1NCC(=O)N/N=C/c1ccc(OCC(=O)N2CCOCC2)c(OC)c1. The van der Waals surface area contributed by atoms with Crippen molar-refractivity contribution >= 4 is 23.7 Å².